The fraction of sp³-hybridized carbons (Fsp3) is 0.167. The molecule has 1 aromatic heterocycles. The molecule has 3 aromatic rings. The van der Waals surface area contributed by atoms with Gasteiger partial charge in [0.1, 0.15) is 6.54 Å². The molecule has 0 saturated heterocycles. The molecule has 0 aliphatic heterocycles. The average molecular weight is 358 g/mol. The molecule has 0 aliphatic rings. The lowest BCUT2D eigenvalue weighted by atomic mass is 10.1. The van der Waals surface area contributed by atoms with Crippen LogP contribution in [-0.2, 0) is 11.3 Å². The normalized spacial score (nSPS) is 12.1. The van der Waals surface area contributed by atoms with Crippen LogP contribution >= 0.6 is 11.6 Å². The number of nitrogens with zero attached hydrogens (tertiary/aromatic N) is 1. The Balaban J connectivity index is 1.81. The Morgan fingerprint density at radius 2 is 1.84 bits per heavy atom. The smallest absolute Gasteiger partial charge is 0.329 e. The third-order valence-electron chi connectivity index (χ3n) is 3.94. The first-order chi connectivity index (χ1) is 12.0. The zero-order valence-electron chi connectivity index (χ0n) is 13.5. The van der Waals surface area contributed by atoms with Crippen molar-refractivity contribution >= 4 is 28.4 Å². The zero-order valence-corrected chi connectivity index (χ0v) is 14.2. The monoisotopic (exact) mass is 357 g/mol. The third kappa shape index (κ3) is 3.64. The number of nitrogens with one attached hydrogen (secondary N) is 2. The number of fused-ring (bicyclic) bond motifs is 1. The number of carbonyl (C=O) groups excluding carboxylic acids is 1. The molecule has 1 atom stereocenters. The number of H-pyrrole nitrogens is 1. The van der Waals surface area contributed by atoms with Gasteiger partial charge in [0.2, 0.25) is 5.91 Å². The van der Waals surface area contributed by atoms with Crippen LogP contribution in [0.1, 0.15) is 18.5 Å². The molecule has 128 valence electrons. The van der Waals surface area contributed by atoms with E-state index in [0.29, 0.717) is 15.9 Å². The fourth-order valence-electron chi connectivity index (χ4n) is 2.61. The summed E-state index contributed by atoms with van der Waals surface area (Å²) in [5, 5.41) is 3.74. The second-order valence-corrected chi connectivity index (χ2v) is 6.14. The van der Waals surface area contributed by atoms with Crippen LogP contribution < -0.4 is 16.6 Å². The van der Waals surface area contributed by atoms with Crippen molar-refractivity contribution in [2.75, 3.05) is 0 Å². The topological polar surface area (TPSA) is 84.0 Å². The Labute approximate surface area is 148 Å². The van der Waals surface area contributed by atoms with Crippen molar-refractivity contribution in [3.8, 4) is 0 Å². The number of aromatic amines is 1. The number of carbonyl (C=O) groups is 1. The van der Waals surface area contributed by atoms with Gasteiger partial charge in [-0.3, -0.25) is 14.2 Å². The van der Waals surface area contributed by atoms with Crippen molar-refractivity contribution in [2.24, 2.45) is 0 Å². The minimum absolute atomic E-state index is 0.278. The number of amides is 1. The molecule has 2 N–H and O–H groups in total. The molecule has 7 heteroatoms. The summed E-state index contributed by atoms with van der Waals surface area (Å²) in [6.45, 7) is 1.46. The van der Waals surface area contributed by atoms with E-state index in [1.807, 2.05) is 19.1 Å². The van der Waals surface area contributed by atoms with Gasteiger partial charge in [-0.15, -0.1) is 0 Å². The van der Waals surface area contributed by atoms with Crippen LogP contribution in [0.15, 0.2) is 58.1 Å². The van der Waals surface area contributed by atoms with E-state index in [-0.39, 0.29) is 12.6 Å². The van der Waals surface area contributed by atoms with E-state index in [0.717, 1.165) is 10.1 Å². The molecule has 1 amide bonds. The fourth-order valence-corrected chi connectivity index (χ4v) is 2.73. The summed E-state index contributed by atoms with van der Waals surface area (Å²) < 4.78 is 0.895. The van der Waals surface area contributed by atoms with Gasteiger partial charge in [0.05, 0.1) is 16.9 Å². The molecule has 0 bridgehead atoms. The Hall–Kier alpha value is -2.86. The molecule has 1 heterocycles. The summed E-state index contributed by atoms with van der Waals surface area (Å²) in [5.74, 6) is -0.426. The van der Waals surface area contributed by atoms with E-state index >= 15 is 0 Å². The quantitative estimate of drug-likeness (QED) is 0.751. The van der Waals surface area contributed by atoms with E-state index in [1.165, 1.54) is 0 Å². The lowest BCUT2D eigenvalue weighted by Gasteiger charge is -2.15. The Morgan fingerprint density at radius 1 is 1.16 bits per heavy atom. The number of aromatic nitrogens is 2. The maximum absolute atomic E-state index is 12.4. The zero-order chi connectivity index (χ0) is 18.0. The molecule has 0 unspecified atom stereocenters. The molecule has 6 nitrogen and oxygen atoms in total. The van der Waals surface area contributed by atoms with Crippen LogP contribution in [-0.4, -0.2) is 15.5 Å². The van der Waals surface area contributed by atoms with Crippen molar-refractivity contribution in [3.05, 3.63) is 80.0 Å². The van der Waals surface area contributed by atoms with Gasteiger partial charge < -0.3 is 10.3 Å². The average Bonchev–Trinajstić information content (AvgIpc) is 2.59. The molecule has 3 rings (SSSR count). The molecule has 0 saturated carbocycles. The maximum atomic E-state index is 12.4. The highest BCUT2D eigenvalue weighted by atomic mass is 35.5. The first-order valence-electron chi connectivity index (χ1n) is 7.72. The van der Waals surface area contributed by atoms with Crippen LogP contribution in [0, 0.1) is 0 Å². The molecule has 2 aromatic carbocycles. The number of benzene rings is 2. The van der Waals surface area contributed by atoms with Crippen LogP contribution in [0.25, 0.3) is 10.9 Å². The van der Waals surface area contributed by atoms with Gasteiger partial charge in [0.25, 0.3) is 5.56 Å². The Kier molecular flexibility index (Phi) is 4.72. The van der Waals surface area contributed by atoms with Crippen LogP contribution in [0.2, 0.25) is 5.02 Å². The summed E-state index contributed by atoms with van der Waals surface area (Å²) in [4.78, 5) is 39.4. The number of rotatable bonds is 4. The lowest BCUT2D eigenvalue weighted by molar-refractivity contribution is -0.122. The number of hydrogen-bond donors (Lipinski definition) is 2. The number of para-hydroxylation sites is 1. The van der Waals surface area contributed by atoms with E-state index < -0.39 is 17.2 Å². The van der Waals surface area contributed by atoms with Crippen LogP contribution in [0.5, 0.6) is 0 Å². The Bertz CT molecular complexity index is 1040. The standard InChI is InChI=1S/C18H16ClN3O3/c1-11(12-6-8-13(19)9-7-12)20-16(23)10-22-17(24)14-4-2-3-5-15(14)21-18(22)25/h2-9,11H,10H2,1H3,(H,20,23)(H,21,25)/t11-/m1/s1. The number of hydrogen-bond acceptors (Lipinski definition) is 3. The minimum Gasteiger partial charge on any atom is -0.348 e. The van der Waals surface area contributed by atoms with E-state index in [4.69, 9.17) is 11.6 Å². The molecule has 0 radical (unpaired) electrons. The highest BCUT2D eigenvalue weighted by Crippen LogP contribution is 2.15. The van der Waals surface area contributed by atoms with E-state index in [1.54, 1.807) is 36.4 Å². The van der Waals surface area contributed by atoms with Gasteiger partial charge in [-0.05, 0) is 36.8 Å². The highest BCUT2D eigenvalue weighted by Gasteiger charge is 2.14. The van der Waals surface area contributed by atoms with Gasteiger partial charge in [0.15, 0.2) is 0 Å². The first-order valence-corrected chi connectivity index (χ1v) is 8.10. The molecule has 0 aliphatic carbocycles. The molecule has 0 fully saturated rings. The molecular weight excluding hydrogens is 342 g/mol. The maximum Gasteiger partial charge on any atom is 0.329 e. The first kappa shape index (κ1) is 17.0. The lowest BCUT2D eigenvalue weighted by Crippen LogP contribution is -2.41. The van der Waals surface area contributed by atoms with Gasteiger partial charge in [-0.1, -0.05) is 35.9 Å². The molecule has 25 heavy (non-hydrogen) atoms. The molecule has 0 spiro atoms. The molecular formula is C18H16ClN3O3. The van der Waals surface area contributed by atoms with Crippen molar-refractivity contribution in [1.29, 1.82) is 0 Å². The van der Waals surface area contributed by atoms with Gasteiger partial charge >= 0.3 is 5.69 Å². The van der Waals surface area contributed by atoms with Crippen molar-refractivity contribution < 1.29 is 4.79 Å². The summed E-state index contributed by atoms with van der Waals surface area (Å²) in [6.07, 6.45) is 0. The van der Waals surface area contributed by atoms with Crippen molar-refractivity contribution in [2.45, 2.75) is 19.5 Å². The SMILES string of the molecule is C[C@@H](NC(=O)Cn1c(=O)[nH]c2ccccc2c1=O)c1ccc(Cl)cc1. The summed E-state index contributed by atoms with van der Waals surface area (Å²) in [7, 11) is 0. The van der Waals surface area contributed by atoms with Gasteiger partial charge in [-0.25, -0.2) is 4.79 Å². The third-order valence-corrected chi connectivity index (χ3v) is 4.19. The second-order valence-electron chi connectivity index (χ2n) is 5.71. The Morgan fingerprint density at radius 3 is 2.56 bits per heavy atom. The van der Waals surface area contributed by atoms with E-state index in [9.17, 15) is 14.4 Å². The number of halogens is 1. The van der Waals surface area contributed by atoms with E-state index in [2.05, 4.69) is 10.3 Å². The largest absolute Gasteiger partial charge is 0.348 e. The van der Waals surface area contributed by atoms with Gasteiger partial charge in [0, 0.05) is 5.02 Å². The second kappa shape index (κ2) is 6.94. The summed E-state index contributed by atoms with van der Waals surface area (Å²) in [5.41, 5.74) is 0.216. The minimum atomic E-state index is -0.613. The van der Waals surface area contributed by atoms with Crippen molar-refractivity contribution in [3.63, 3.8) is 0 Å². The van der Waals surface area contributed by atoms with Crippen LogP contribution in [0.4, 0.5) is 0 Å². The van der Waals surface area contributed by atoms with Gasteiger partial charge in [-0.2, -0.15) is 0 Å². The predicted molar refractivity (Wildman–Crippen MR) is 96.8 cm³/mol. The highest BCUT2D eigenvalue weighted by molar-refractivity contribution is 6.30. The van der Waals surface area contributed by atoms with Crippen molar-refractivity contribution in [1.82, 2.24) is 14.9 Å². The summed E-state index contributed by atoms with van der Waals surface area (Å²) >= 11 is 5.85. The predicted octanol–water partition coefficient (Wildman–Crippen LogP) is 2.22. The summed E-state index contributed by atoms with van der Waals surface area (Å²) in [6, 6.07) is 13.5. The van der Waals surface area contributed by atoms with Crippen LogP contribution in [0.3, 0.4) is 0 Å².